The van der Waals surface area contributed by atoms with E-state index < -0.39 is 14.2 Å². The topological polar surface area (TPSA) is 20.2 Å². The molecule has 0 saturated carbocycles. The second kappa shape index (κ2) is 12.3. The summed E-state index contributed by atoms with van der Waals surface area (Å²) in [6, 6.07) is 21.1. The van der Waals surface area contributed by atoms with Crippen molar-refractivity contribution in [2.75, 3.05) is 0 Å². The zero-order valence-corrected chi connectivity index (χ0v) is 20.1. The van der Waals surface area contributed by atoms with Crippen molar-refractivity contribution in [3.8, 4) is 47.0 Å². The van der Waals surface area contributed by atoms with Gasteiger partial charge in [0, 0.05) is 0 Å². The first-order chi connectivity index (χ1) is 15.4. The SMILES string of the molecule is C/C=C/C=C/C(O)C#CC#CC#CC#C[Si](c1ccccc1)(c1ccccc1)C(C)(C)C. The molecule has 2 rings (SSSR count). The maximum atomic E-state index is 9.68. The van der Waals surface area contributed by atoms with Gasteiger partial charge in [-0.15, -0.1) is 5.54 Å². The Kier molecular flexibility index (Phi) is 9.42. The second-order valence-corrected chi connectivity index (χ2v) is 12.5. The van der Waals surface area contributed by atoms with Gasteiger partial charge in [-0.3, -0.25) is 0 Å². The zero-order valence-electron chi connectivity index (χ0n) is 19.1. The molecule has 0 aliphatic heterocycles. The highest BCUT2D eigenvalue weighted by Crippen LogP contribution is 2.35. The van der Waals surface area contributed by atoms with Gasteiger partial charge in [-0.2, -0.15) is 0 Å². The summed E-state index contributed by atoms with van der Waals surface area (Å²) in [4.78, 5) is 0. The van der Waals surface area contributed by atoms with Crippen LogP contribution in [0.1, 0.15) is 27.7 Å². The lowest BCUT2D eigenvalue weighted by molar-refractivity contribution is 0.281. The lowest BCUT2D eigenvalue weighted by atomic mass is 10.2. The number of rotatable bonds is 4. The van der Waals surface area contributed by atoms with Crippen LogP contribution in [0.2, 0.25) is 5.04 Å². The normalized spacial score (nSPS) is 11.8. The summed E-state index contributed by atoms with van der Waals surface area (Å²) in [5.41, 5.74) is 3.60. The van der Waals surface area contributed by atoms with Crippen molar-refractivity contribution >= 4 is 18.4 Å². The van der Waals surface area contributed by atoms with E-state index in [1.54, 1.807) is 12.2 Å². The fraction of sp³-hybridized carbons (Fsp3) is 0.200. The Bertz CT molecular complexity index is 1140. The minimum absolute atomic E-state index is 0.0435. The standard InChI is InChI=1S/C30H28OSi/c1-5-6-13-20-27(31)21-14-9-7-8-10-19-26-32(30(2,3)4,28-22-15-11-16-23-28)29-24-17-12-18-25-29/h5-6,11-13,15-18,20,22-25,27,31H,1-4H3/b6-5+,20-13+. The molecule has 2 aromatic carbocycles. The molecule has 2 heteroatoms. The van der Waals surface area contributed by atoms with Crippen LogP contribution in [0.3, 0.4) is 0 Å². The van der Waals surface area contributed by atoms with E-state index in [0.717, 1.165) is 0 Å². The summed E-state index contributed by atoms with van der Waals surface area (Å²) >= 11 is 0. The van der Waals surface area contributed by atoms with E-state index in [2.05, 4.69) is 116 Å². The quantitative estimate of drug-likeness (QED) is 0.438. The fourth-order valence-electron chi connectivity index (χ4n) is 3.43. The number of aliphatic hydroxyl groups excluding tert-OH is 1. The first-order valence-electron chi connectivity index (χ1n) is 10.5. The highest BCUT2D eigenvalue weighted by atomic mass is 28.3. The molecule has 0 aromatic heterocycles. The highest BCUT2D eigenvalue weighted by Gasteiger charge is 2.46. The van der Waals surface area contributed by atoms with Crippen LogP contribution in [0, 0.1) is 47.0 Å². The molecule has 0 bridgehead atoms. The van der Waals surface area contributed by atoms with Crippen LogP contribution in [0.25, 0.3) is 0 Å². The molecular formula is C30H28OSi. The van der Waals surface area contributed by atoms with Gasteiger partial charge in [0.1, 0.15) is 6.10 Å². The Hall–Kier alpha value is -3.66. The maximum absolute atomic E-state index is 9.68. The van der Waals surface area contributed by atoms with Crippen LogP contribution in [-0.2, 0) is 0 Å². The van der Waals surface area contributed by atoms with Gasteiger partial charge in [-0.25, -0.2) is 0 Å². The summed E-state index contributed by atoms with van der Waals surface area (Å²) < 4.78 is 0. The van der Waals surface area contributed by atoms with Gasteiger partial charge in [-0.1, -0.05) is 106 Å². The van der Waals surface area contributed by atoms with Crippen molar-refractivity contribution in [3.05, 3.63) is 85.0 Å². The van der Waals surface area contributed by atoms with Gasteiger partial charge >= 0.3 is 0 Å². The molecule has 0 aliphatic carbocycles. The predicted molar refractivity (Wildman–Crippen MR) is 139 cm³/mol. The third-order valence-electron chi connectivity index (χ3n) is 4.92. The van der Waals surface area contributed by atoms with Gasteiger partial charge < -0.3 is 5.11 Å². The van der Waals surface area contributed by atoms with Gasteiger partial charge in [0.05, 0.1) is 0 Å². The van der Waals surface area contributed by atoms with Crippen LogP contribution >= 0.6 is 0 Å². The Morgan fingerprint density at radius 2 is 1.25 bits per heavy atom. The van der Waals surface area contributed by atoms with Crippen LogP contribution in [-0.4, -0.2) is 19.3 Å². The smallest absolute Gasteiger partial charge is 0.205 e. The second-order valence-electron chi connectivity index (χ2n) is 8.11. The third-order valence-corrected chi connectivity index (χ3v) is 10.1. The average Bonchev–Trinajstić information content (AvgIpc) is 2.78. The number of benzene rings is 2. The molecule has 0 radical (unpaired) electrons. The van der Waals surface area contributed by atoms with Crippen LogP contribution in [0.15, 0.2) is 85.0 Å². The molecule has 1 unspecified atom stereocenters. The minimum Gasteiger partial charge on any atom is -0.377 e. The Labute approximate surface area is 194 Å². The van der Waals surface area contributed by atoms with Gasteiger partial charge in [0.2, 0.25) is 8.07 Å². The number of allylic oxidation sites excluding steroid dienone is 3. The summed E-state index contributed by atoms with van der Waals surface area (Å²) in [5.74, 6) is 19.3. The van der Waals surface area contributed by atoms with Crippen molar-refractivity contribution in [1.82, 2.24) is 0 Å². The summed E-state index contributed by atoms with van der Waals surface area (Å²) in [5, 5.41) is 12.2. The predicted octanol–water partition coefficient (Wildman–Crippen LogP) is 4.10. The molecule has 2 aromatic rings. The lowest BCUT2D eigenvalue weighted by Crippen LogP contribution is -2.63. The van der Waals surface area contributed by atoms with Crippen LogP contribution in [0.4, 0.5) is 0 Å². The molecule has 0 aliphatic rings. The van der Waals surface area contributed by atoms with E-state index >= 15 is 0 Å². The van der Waals surface area contributed by atoms with Gasteiger partial charge in [-0.05, 0) is 63.9 Å². The molecule has 0 amide bonds. The van der Waals surface area contributed by atoms with Crippen molar-refractivity contribution < 1.29 is 5.11 Å². The molecule has 0 spiro atoms. The van der Waals surface area contributed by atoms with E-state index in [0.29, 0.717) is 0 Å². The first-order valence-corrected chi connectivity index (χ1v) is 12.5. The first kappa shape index (κ1) is 24.6. The molecule has 0 heterocycles. The van der Waals surface area contributed by atoms with Crippen molar-refractivity contribution in [2.45, 2.75) is 38.8 Å². The third kappa shape index (κ3) is 6.67. The van der Waals surface area contributed by atoms with E-state index in [1.807, 2.05) is 31.2 Å². The number of aliphatic hydroxyl groups is 1. The van der Waals surface area contributed by atoms with Crippen LogP contribution in [0.5, 0.6) is 0 Å². The molecule has 0 fully saturated rings. The minimum atomic E-state index is -2.44. The van der Waals surface area contributed by atoms with Crippen molar-refractivity contribution in [1.29, 1.82) is 0 Å². The number of hydrogen-bond acceptors (Lipinski definition) is 1. The van der Waals surface area contributed by atoms with E-state index in [1.165, 1.54) is 10.4 Å². The Morgan fingerprint density at radius 1 is 0.750 bits per heavy atom. The van der Waals surface area contributed by atoms with Gasteiger partial charge in [0.25, 0.3) is 0 Å². The maximum Gasteiger partial charge on any atom is 0.205 e. The summed E-state index contributed by atoms with van der Waals surface area (Å²) in [6.45, 7) is 8.68. The molecule has 32 heavy (non-hydrogen) atoms. The Morgan fingerprint density at radius 3 is 1.75 bits per heavy atom. The van der Waals surface area contributed by atoms with Crippen molar-refractivity contribution in [2.24, 2.45) is 0 Å². The average molecular weight is 433 g/mol. The monoisotopic (exact) mass is 432 g/mol. The lowest BCUT2D eigenvalue weighted by Gasteiger charge is -2.39. The molecule has 1 atom stereocenters. The largest absolute Gasteiger partial charge is 0.377 e. The highest BCUT2D eigenvalue weighted by molar-refractivity contribution is 7.10. The zero-order chi connectivity index (χ0) is 23.3. The fourth-order valence-corrected chi connectivity index (χ4v) is 7.79. The van der Waals surface area contributed by atoms with Gasteiger partial charge in [0.15, 0.2) is 0 Å². The number of hydrogen-bond donors (Lipinski definition) is 1. The molecule has 1 nitrogen and oxygen atoms in total. The molecule has 1 N–H and O–H groups in total. The summed E-state index contributed by atoms with van der Waals surface area (Å²) in [6.07, 6.45) is 6.19. The summed E-state index contributed by atoms with van der Waals surface area (Å²) in [7, 11) is -2.44. The molecular weight excluding hydrogens is 404 g/mol. The van der Waals surface area contributed by atoms with E-state index in [-0.39, 0.29) is 5.04 Å². The van der Waals surface area contributed by atoms with E-state index in [9.17, 15) is 5.11 Å². The molecule has 158 valence electrons. The molecule has 0 saturated heterocycles. The van der Waals surface area contributed by atoms with E-state index in [4.69, 9.17) is 0 Å². The van der Waals surface area contributed by atoms with Crippen molar-refractivity contribution in [3.63, 3.8) is 0 Å². The Balaban J connectivity index is 2.37. The van der Waals surface area contributed by atoms with Crippen LogP contribution < -0.4 is 10.4 Å².